The fraction of sp³-hybridized carbons (Fsp3) is 0.375. The predicted octanol–water partition coefficient (Wildman–Crippen LogP) is 3.39. The van der Waals surface area contributed by atoms with Gasteiger partial charge in [0.25, 0.3) is 0 Å². The van der Waals surface area contributed by atoms with E-state index in [0.717, 1.165) is 37.1 Å². The highest BCUT2D eigenvalue weighted by Gasteiger charge is 2.30. The highest BCUT2D eigenvalue weighted by Crippen LogP contribution is 2.37. The number of rotatable bonds is 4. The summed E-state index contributed by atoms with van der Waals surface area (Å²) in [7, 11) is 0. The van der Waals surface area contributed by atoms with E-state index in [-0.39, 0.29) is 11.6 Å². The van der Waals surface area contributed by atoms with Gasteiger partial charge < -0.3 is 9.64 Å². The molecule has 1 aliphatic rings. The maximum atomic E-state index is 11.5. The van der Waals surface area contributed by atoms with Crippen LogP contribution in [0.3, 0.4) is 0 Å². The standard InChI is InChI=1S/C16H18N4O3/c1-11-5-6-13(9-12(11)2)23-16-14(20(21)22)15(17-10-18-16)19-7-3-4-8-19/h5-6,9-10H,3-4,7-8H2,1-2H3. The largest absolute Gasteiger partial charge is 0.434 e. The van der Waals surface area contributed by atoms with E-state index in [0.29, 0.717) is 11.6 Å². The van der Waals surface area contributed by atoms with E-state index >= 15 is 0 Å². The number of hydrogen-bond acceptors (Lipinski definition) is 6. The highest BCUT2D eigenvalue weighted by molar-refractivity contribution is 5.63. The first-order valence-corrected chi connectivity index (χ1v) is 7.55. The van der Waals surface area contributed by atoms with Crippen molar-refractivity contribution in [2.75, 3.05) is 18.0 Å². The average molecular weight is 314 g/mol. The van der Waals surface area contributed by atoms with Gasteiger partial charge in [0, 0.05) is 13.1 Å². The summed E-state index contributed by atoms with van der Waals surface area (Å²) >= 11 is 0. The molecule has 7 heteroatoms. The third-order valence-electron chi connectivity index (χ3n) is 4.05. The molecule has 0 N–H and O–H groups in total. The van der Waals surface area contributed by atoms with Gasteiger partial charge in [-0.05, 0) is 49.9 Å². The summed E-state index contributed by atoms with van der Waals surface area (Å²) in [4.78, 5) is 21.1. The lowest BCUT2D eigenvalue weighted by Crippen LogP contribution is -2.20. The quantitative estimate of drug-likeness (QED) is 0.635. The first-order chi connectivity index (χ1) is 11.1. The van der Waals surface area contributed by atoms with Gasteiger partial charge in [-0.3, -0.25) is 10.1 Å². The van der Waals surface area contributed by atoms with E-state index in [9.17, 15) is 10.1 Å². The Morgan fingerprint density at radius 3 is 2.57 bits per heavy atom. The summed E-state index contributed by atoms with van der Waals surface area (Å²) in [6, 6.07) is 5.54. The lowest BCUT2D eigenvalue weighted by atomic mass is 10.1. The van der Waals surface area contributed by atoms with E-state index in [2.05, 4.69) is 9.97 Å². The zero-order chi connectivity index (χ0) is 16.4. The molecule has 0 saturated carbocycles. The van der Waals surface area contributed by atoms with Crippen LogP contribution in [0.2, 0.25) is 0 Å². The average Bonchev–Trinajstić information content (AvgIpc) is 3.05. The zero-order valence-corrected chi connectivity index (χ0v) is 13.2. The van der Waals surface area contributed by atoms with Gasteiger partial charge in [0.2, 0.25) is 5.82 Å². The SMILES string of the molecule is Cc1ccc(Oc2ncnc(N3CCCC3)c2[N+](=O)[O-])cc1C. The van der Waals surface area contributed by atoms with E-state index in [1.54, 1.807) is 6.07 Å². The van der Waals surface area contributed by atoms with Gasteiger partial charge in [-0.1, -0.05) is 6.07 Å². The Morgan fingerprint density at radius 2 is 1.91 bits per heavy atom. The number of nitro groups is 1. The van der Waals surface area contributed by atoms with Crippen molar-refractivity contribution in [2.45, 2.75) is 26.7 Å². The molecular weight excluding hydrogens is 296 g/mol. The summed E-state index contributed by atoms with van der Waals surface area (Å²) in [5, 5.41) is 11.5. The number of hydrogen-bond donors (Lipinski definition) is 0. The van der Waals surface area contributed by atoms with Crippen molar-refractivity contribution in [3.63, 3.8) is 0 Å². The van der Waals surface area contributed by atoms with Gasteiger partial charge in [0.1, 0.15) is 12.1 Å². The van der Waals surface area contributed by atoms with E-state index < -0.39 is 4.92 Å². The van der Waals surface area contributed by atoms with Crippen molar-refractivity contribution < 1.29 is 9.66 Å². The zero-order valence-electron chi connectivity index (χ0n) is 13.2. The van der Waals surface area contributed by atoms with Crippen molar-refractivity contribution in [3.05, 3.63) is 45.8 Å². The van der Waals surface area contributed by atoms with Gasteiger partial charge in [-0.15, -0.1) is 0 Å². The molecule has 1 fully saturated rings. The van der Waals surface area contributed by atoms with Gasteiger partial charge in [-0.2, -0.15) is 4.98 Å². The Bertz CT molecular complexity index is 742. The van der Waals surface area contributed by atoms with Crippen LogP contribution in [0.15, 0.2) is 24.5 Å². The molecule has 0 unspecified atom stereocenters. The summed E-state index contributed by atoms with van der Waals surface area (Å²) in [5.41, 5.74) is 2.01. The molecule has 0 spiro atoms. The van der Waals surface area contributed by atoms with Gasteiger partial charge in [0.15, 0.2) is 0 Å². The lowest BCUT2D eigenvalue weighted by molar-refractivity contribution is -0.385. The van der Waals surface area contributed by atoms with Crippen LogP contribution < -0.4 is 9.64 Å². The van der Waals surface area contributed by atoms with Crippen LogP contribution >= 0.6 is 0 Å². The van der Waals surface area contributed by atoms with Crippen molar-refractivity contribution >= 4 is 11.5 Å². The number of aromatic nitrogens is 2. The molecule has 1 aromatic carbocycles. The molecule has 1 saturated heterocycles. The van der Waals surface area contributed by atoms with Crippen LogP contribution in [-0.2, 0) is 0 Å². The summed E-state index contributed by atoms with van der Waals surface area (Å²) in [6.07, 6.45) is 3.33. The summed E-state index contributed by atoms with van der Waals surface area (Å²) in [6.45, 7) is 5.49. The Morgan fingerprint density at radius 1 is 1.17 bits per heavy atom. The first kappa shape index (κ1) is 15.2. The van der Waals surface area contributed by atoms with Crippen LogP contribution in [0.4, 0.5) is 11.5 Å². The normalized spacial score (nSPS) is 14.1. The fourth-order valence-electron chi connectivity index (χ4n) is 2.64. The minimum atomic E-state index is -0.468. The Labute approximate surface area is 134 Å². The molecule has 120 valence electrons. The van der Waals surface area contributed by atoms with Crippen LogP contribution in [0.25, 0.3) is 0 Å². The second-order valence-corrected chi connectivity index (χ2v) is 5.65. The summed E-state index contributed by atoms with van der Waals surface area (Å²) in [5.74, 6) is 0.846. The Hall–Kier alpha value is -2.70. The second-order valence-electron chi connectivity index (χ2n) is 5.65. The van der Waals surface area contributed by atoms with Crippen molar-refractivity contribution in [3.8, 4) is 11.6 Å². The Kier molecular flexibility index (Phi) is 4.10. The molecular formula is C16H18N4O3. The predicted molar refractivity (Wildman–Crippen MR) is 86.1 cm³/mol. The third kappa shape index (κ3) is 3.08. The molecule has 23 heavy (non-hydrogen) atoms. The molecule has 1 aliphatic heterocycles. The molecule has 0 bridgehead atoms. The smallest absolute Gasteiger partial charge is 0.373 e. The maximum Gasteiger partial charge on any atom is 0.373 e. The van der Waals surface area contributed by atoms with Gasteiger partial charge in [-0.25, -0.2) is 4.98 Å². The molecule has 0 atom stereocenters. The molecule has 0 amide bonds. The highest BCUT2D eigenvalue weighted by atomic mass is 16.6. The Balaban J connectivity index is 1.99. The maximum absolute atomic E-state index is 11.5. The lowest BCUT2D eigenvalue weighted by Gasteiger charge is -2.16. The fourth-order valence-corrected chi connectivity index (χ4v) is 2.64. The molecule has 1 aromatic heterocycles. The van der Waals surface area contributed by atoms with Crippen LogP contribution in [0.5, 0.6) is 11.6 Å². The van der Waals surface area contributed by atoms with E-state index in [1.807, 2.05) is 30.9 Å². The van der Waals surface area contributed by atoms with Gasteiger partial charge in [0.05, 0.1) is 4.92 Å². The number of ether oxygens (including phenoxy) is 1. The van der Waals surface area contributed by atoms with Gasteiger partial charge >= 0.3 is 11.6 Å². The third-order valence-corrected chi connectivity index (χ3v) is 4.05. The minimum absolute atomic E-state index is 0.0184. The molecule has 3 rings (SSSR count). The topological polar surface area (TPSA) is 81.4 Å². The van der Waals surface area contributed by atoms with E-state index in [4.69, 9.17) is 4.74 Å². The van der Waals surface area contributed by atoms with E-state index in [1.165, 1.54) is 6.33 Å². The number of benzene rings is 1. The molecule has 2 aromatic rings. The number of nitrogens with zero attached hydrogens (tertiary/aromatic N) is 4. The van der Waals surface area contributed by atoms with Crippen molar-refractivity contribution in [2.24, 2.45) is 0 Å². The molecule has 7 nitrogen and oxygen atoms in total. The minimum Gasteiger partial charge on any atom is -0.434 e. The first-order valence-electron chi connectivity index (χ1n) is 7.55. The summed E-state index contributed by atoms with van der Waals surface area (Å²) < 4.78 is 5.69. The molecule has 2 heterocycles. The van der Waals surface area contributed by atoms with Crippen LogP contribution in [-0.4, -0.2) is 28.0 Å². The number of aryl methyl sites for hydroxylation is 2. The second kappa shape index (κ2) is 6.20. The van der Waals surface area contributed by atoms with Crippen molar-refractivity contribution in [1.82, 2.24) is 9.97 Å². The molecule has 0 radical (unpaired) electrons. The van der Waals surface area contributed by atoms with Crippen molar-refractivity contribution in [1.29, 1.82) is 0 Å². The molecule has 0 aliphatic carbocycles. The monoisotopic (exact) mass is 314 g/mol. The van der Waals surface area contributed by atoms with Crippen LogP contribution in [0.1, 0.15) is 24.0 Å². The number of anilines is 1. The van der Waals surface area contributed by atoms with Crippen LogP contribution in [0, 0.1) is 24.0 Å².